The van der Waals surface area contributed by atoms with Gasteiger partial charge < -0.3 is 24.1 Å². The van der Waals surface area contributed by atoms with Crippen molar-refractivity contribution < 1.29 is 28.8 Å². The zero-order valence-electron chi connectivity index (χ0n) is 19.7. The monoisotopic (exact) mass is 448 g/mol. The molecule has 0 aliphatic carbocycles. The molecule has 2 aromatic rings. The highest BCUT2D eigenvalue weighted by Crippen LogP contribution is 2.52. The van der Waals surface area contributed by atoms with Gasteiger partial charge in [0.05, 0.1) is 19.1 Å². The van der Waals surface area contributed by atoms with Gasteiger partial charge in [-0.15, -0.1) is 0 Å². The molecule has 0 saturated carbocycles. The number of methoxy groups -OCH3 is 1. The van der Waals surface area contributed by atoms with Gasteiger partial charge in [-0.05, 0) is 58.9 Å². The molecule has 6 nitrogen and oxygen atoms in total. The number of fused-ring (bicyclic) bond motifs is 4. The number of ether oxygens (including phenoxy) is 4. The summed E-state index contributed by atoms with van der Waals surface area (Å²) in [6.45, 7) is 9.60. The molecule has 172 valence electrons. The molecule has 0 saturated heterocycles. The zero-order valence-corrected chi connectivity index (χ0v) is 19.7. The maximum atomic E-state index is 13.2. The van der Waals surface area contributed by atoms with Crippen LogP contribution in [0.4, 0.5) is 0 Å². The van der Waals surface area contributed by atoms with Gasteiger partial charge in [-0.25, -0.2) is 0 Å². The van der Waals surface area contributed by atoms with Crippen molar-refractivity contribution in [2.45, 2.75) is 58.3 Å². The number of phenolic OH excluding ortho intramolecular Hbond substituents is 1. The van der Waals surface area contributed by atoms with Crippen molar-refractivity contribution in [3.8, 4) is 28.7 Å². The van der Waals surface area contributed by atoms with E-state index in [-0.39, 0.29) is 23.5 Å². The topological polar surface area (TPSA) is 74.2 Å². The zero-order chi connectivity index (χ0) is 23.7. The third-order valence-corrected chi connectivity index (χ3v) is 6.32. The number of carbonyl (C=O) groups excluding carboxylic acids is 1. The molecule has 33 heavy (non-hydrogen) atoms. The van der Waals surface area contributed by atoms with Gasteiger partial charge in [-0.1, -0.05) is 6.08 Å². The largest absolute Gasteiger partial charge is 0.507 e. The van der Waals surface area contributed by atoms with Crippen molar-refractivity contribution in [1.82, 2.24) is 0 Å². The molecule has 2 aromatic carbocycles. The Bertz CT molecular complexity index is 1250. The Hall–Kier alpha value is -3.41. The molecule has 0 unspecified atom stereocenters. The van der Waals surface area contributed by atoms with Crippen LogP contribution in [0.2, 0.25) is 0 Å². The summed E-state index contributed by atoms with van der Waals surface area (Å²) in [6.07, 6.45) is 7.34. The standard InChI is InChI=1S/C27H28O6/c1-14-23(29)22-18(28)12-21(31-25(22)16-8-10-27(4,5)33-24(14)16)17-11-15-7-9-26(2,3)32-19(15)13-20(17)30-6/h7-11,13,21,29H,12H2,1-6H3/t21-/m0/s1. The number of Topliss-reactive ketones (excluding diaryl/α,β-unsaturated/α-hetero) is 1. The van der Waals surface area contributed by atoms with E-state index in [9.17, 15) is 9.90 Å². The number of ketones is 1. The maximum Gasteiger partial charge on any atom is 0.174 e. The van der Waals surface area contributed by atoms with E-state index in [1.165, 1.54) is 0 Å². The summed E-state index contributed by atoms with van der Waals surface area (Å²) in [5.41, 5.74) is 2.11. The van der Waals surface area contributed by atoms with Crippen molar-refractivity contribution in [3.05, 3.63) is 52.1 Å². The molecule has 5 rings (SSSR count). The number of aromatic hydroxyl groups is 1. The molecule has 1 N–H and O–H groups in total. The van der Waals surface area contributed by atoms with Crippen LogP contribution in [0.5, 0.6) is 28.7 Å². The van der Waals surface area contributed by atoms with E-state index >= 15 is 0 Å². The van der Waals surface area contributed by atoms with Crippen LogP contribution in [0.3, 0.4) is 0 Å². The van der Waals surface area contributed by atoms with Crippen molar-refractivity contribution >= 4 is 17.9 Å². The summed E-state index contributed by atoms with van der Waals surface area (Å²) in [5.74, 6) is 1.90. The highest BCUT2D eigenvalue weighted by Gasteiger charge is 2.38. The molecule has 0 bridgehead atoms. The Morgan fingerprint density at radius 3 is 2.45 bits per heavy atom. The van der Waals surface area contributed by atoms with Gasteiger partial charge in [-0.3, -0.25) is 4.79 Å². The third kappa shape index (κ3) is 3.45. The van der Waals surface area contributed by atoms with Crippen LogP contribution in [0, 0.1) is 6.92 Å². The minimum absolute atomic E-state index is 0.0834. The number of hydrogen-bond donors (Lipinski definition) is 1. The van der Waals surface area contributed by atoms with Crippen molar-refractivity contribution in [1.29, 1.82) is 0 Å². The summed E-state index contributed by atoms with van der Waals surface area (Å²) in [7, 11) is 1.59. The average molecular weight is 449 g/mol. The first-order valence-electron chi connectivity index (χ1n) is 11.1. The lowest BCUT2D eigenvalue weighted by molar-refractivity contribution is 0.0837. The lowest BCUT2D eigenvalue weighted by Crippen LogP contribution is -2.30. The van der Waals surface area contributed by atoms with Crippen LogP contribution in [-0.4, -0.2) is 29.2 Å². The van der Waals surface area contributed by atoms with E-state index in [0.29, 0.717) is 28.4 Å². The summed E-state index contributed by atoms with van der Waals surface area (Å²) in [4.78, 5) is 13.2. The van der Waals surface area contributed by atoms with Gasteiger partial charge in [0.25, 0.3) is 0 Å². The molecule has 3 aliphatic heterocycles. The Morgan fingerprint density at radius 1 is 1.03 bits per heavy atom. The first-order valence-corrected chi connectivity index (χ1v) is 11.1. The predicted octanol–water partition coefficient (Wildman–Crippen LogP) is 5.78. The predicted molar refractivity (Wildman–Crippen MR) is 126 cm³/mol. The second-order valence-corrected chi connectivity index (χ2v) is 9.86. The fourth-order valence-electron chi connectivity index (χ4n) is 4.57. The molecule has 0 aromatic heterocycles. The molecule has 1 atom stereocenters. The molecular formula is C27H28O6. The Kier molecular flexibility index (Phi) is 4.57. The van der Waals surface area contributed by atoms with Crippen LogP contribution in [0.15, 0.2) is 24.3 Å². The SMILES string of the molecule is COc1cc2c(cc1[C@@H]1CC(=O)c3c(O)c(C)c4c(c3O1)C=CC(C)(C)O4)C=CC(C)(C)O2. The number of benzene rings is 2. The van der Waals surface area contributed by atoms with Crippen LogP contribution < -0.4 is 18.9 Å². The molecule has 0 fully saturated rings. The van der Waals surface area contributed by atoms with E-state index in [0.717, 1.165) is 16.9 Å². The van der Waals surface area contributed by atoms with Crippen molar-refractivity contribution in [2.75, 3.05) is 7.11 Å². The van der Waals surface area contributed by atoms with E-state index in [1.54, 1.807) is 14.0 Å². The van der Waals surface area contributed by atoms with Gasteiger partial charge in [-0.2, -0.15) is 0 Å². The molecule has 0 spiro atoms. The summed E-state index contributed by atoms with van der Waals surface area (Å²) < 4.78 is 24.3. The minimum atomic E-state index is -0.580. The summed E-state index contributed by atoms with van der Waals surface area (Å²) >= 11 is 0. The van der Waals surface area contributed by atoms with Crippen molar-refractivity contribution in [3.63, 3.8) is 0 Å². The second-order valence-electron chi connectivity index (χ2n) is 9.86. The lowest BCUT2D eigenvalue weighted by Gasteiger charge is -2.34. The van der Waals surface area contributed by atoms with Crippen LogP contribution in [0.25, 0.3) is 12.2 Å². The fraction of sp³-hybridized carbons (Fsp3) is 0.370. The van der Waals surface area contributed by atoms with Gasteiger partial charge >= 0.3 is 0 Å². The van der Waals surface area contributed by atoms with Gasteiger partial charge in [0.1, 0.15) is 51.6 Å². The molecule has 0 radical (unpaired) electrons. The Labute approximate surface area is 193 Å². The fourth-order valence-corrected chi connectivity index (χ4v) is 4.57. The van der Waals surface area contributed by atoms with Gasteiger partial charge in [0, 0.05) is 22.8 Å². The molecule has 6 heteroatoms. The Morgan fingerprint density at radius 2 is 1.73 bits per heavy atom. The molecule has 3 heterocycles. The first-order chi connectivity index (χ1) is 15.5. The minimum Gasteiger partial charge on any atom is -0.507 e. The smallest absolute Gasteiger partial charge is 0.174 e. The van der Waals surface area contributed by atoms with Crippen LogP contribution >= 0.6 is 0 Å². The third-order valence-electron chi connectivity index (χ3n) is 6.32. The number of carbonyl (C=O) groups is 1. The Balaban J connectivity index is 1.62. The molecule has 3 aliphatic rings. The number of hydrogen-bond acceptors (Lipinski definition) is 6. The van der Waals surface area contributed by atoms with E-state index < -0.39 is 17.3 Å². The van der Waals surface area contributed by atoms with Crippen LogP contribution in [-0.2, 0) is 0 Å². The highest BCUT2D eigenvalue weighted by molar-refractivity contribution is 6.05. The first kappa shape index (κ1) is 21.4. The maximum absolute atomic E-state index is 13.2. The van der Waals surface area contributed by atoms with E-state index in [2.05, 4.69) is 0 Å². The second kappa shape index (κ2) is 7.04. The summed E-state index contributed by atoms with van der Waals surface area (Å²) in [6, 6.07) is 3.78. The summed E-state index contributed by atoms with van der Waals surface area (Å²) in [5, 5.41) is 10.8. The normalized spacial score (nSPS) is 21.2. The highest BCUT2D eigenvalue weighted by atomic mass is 16.5. The van der Waals surface area contributed by atoms with Gasteiger partial charge in [0.15, 0.2) is 5.78 Å². The average Bonchev–Trinajstić information content (AvgIpc) is 2.74. The quantitative estimate of drug-likeness (QED) is 0.627. The molecule has 0 amide bonds. The number of phenols is 1. The number of rotatable bonds is 2. The van der Waals surface area contributed by atoms with Gasteiger partial charge in [0.2, 0.25) is 0 Å². The van der Waals surface area contributed by atoms with Crippen LogP contribution in [0.1, 0.15) is 72.8 Å². The molecular weight excluding hydrogens is 420 g/mol. The van der Waals surface area contributed by atoms with Crippen molar-refractivity contribution in [2.24, 2.45) is 0 Å². The lowest BCUT2D eigenvalue weighted by atomic mass is 9.88. The van der Waals surface area contributed by atoms with E-state index in [4.69, 9.17) is 18.9 Å². The van der Waals surface area contributed by atoms with E-state index in [1.807, 2.05) is 64.1 Å².